The third-order valence-corrected chi connectivity index (χ3v) is 2.81. The van der Waals surface area contributed by atoms with Crippen LogP contribution in [0.1, 0.15) is 6.92 Å². The average molecular weight is 255 g/mol. The molecule has 1 heterocycles. The number of pyridine rings is 1. The summed E-state index contributed by atoms with van der Waals surface area (Å²) in [6.45, 7) is 3.00. The lowest BCUT2D eigenvalue weighted by Crippen LogP contribution is -2.17. The number of hydrogen-bond donors (Lipinski definition) is 2. The Balaban J connectivity index is 2.52. The van der Waals surface area contributed by atoms with Gasteiger partial charge in [0.25, 0.3) is 0 Å². The molecular formula is C11H17N3O2S. The Kier molecular flexibility index (Phi) is 6.42. The molecule has 0 atom stereocenters. The van der Waals surface area contributed by atoms with E-state index in [1.807, 2.05) is 6.92 Å². The van der Waals surface area contributed by atoms with Gasteiger partial charge in [-0.25, -0.2) is 4.98 Å². The summed E-state index contributed by atoms with van der Waals surface area (Å²) in [6.07, 6.45) is 1.62. The number of nitrogens with one attached hydrogen (secondary N) is 1. The van der Waals surface area contributed by atoms with Crippen molar-refractivity contribution in [3.05, 3.63) is 18.3 Å². The van der Waals surface area contributed by atoms with Gasteiger partial charge >= 0.3 is 0 Å². The highest BCUT2D eigenvalue weighted by molar-refractivity contribution is 7.99. The zero-order valence-electron chi connectivity index (χ0n) is 9.81. The van der Waals surface area contributed by atoms with Crippen LogP contribution in [0.5, 0.6) is 5.75 Å². The molecule has 0 bridgehead atoms. The zero-order chi connectivity index (χ0) is 12.5. The number of aromatic nitrogens is 1. The summed E-state index contributed by atoms with van der Waals surface area (Å²) < 4.78 is 5.36. The van der Waals surface area contributed by atoms with Crippen LogP contribution in [0.2, 0.25) is 0 Å². The quantitative estimate of drug-likeness (QED) is 0.714. The molecule has 1 aromatic rings. The van der Waals surface area contributed by atoms with Crippen LogP contribution in [0.4, 0.5) is 5.82 Å². The lowest BCUT2D eigenvalue weighted by molar-refractivity contribution is -0.113. The monoisotopic (exact) mass is 255 g/mol. The van der Waals surface area contributed by atoms with Crippen molar-refractivity contribution >= 4 is 23.5 Å². The van der Waals surface area contributed by atoms with E-state index in [1.54, 1.807) is 18.3 Å². The predicted molar refractivity (Wildman–Crippen MR) is 70.4 cm³/mol. The molecule has 0 unspecified atom stereocenters. The molecule has 1 amide bonds. The fraction of sp³-hybridized carbons (Fsp3) is 0.455. The molecule has 0 aliphatic heterocycles. The molecule has 94 valence electrons. The number of anilines is 1. The normalized spacial score (nSPS) is 10.0. The maximum absolute atomic E-state index is 11.6. The number of thioether (sulfide) groups is 1. The minimum Gasteiger partial charge on any atom is -0.490 e. The van der Waals surface area contributed by atoms with E-state index in [2.05, 4.69) is 10.3 Å². The van der Waals surface area contributed by atoms with E-state index in [9.17, 15) is 4.79 Å². The van der Waals surface area contributed by atoms with E-state index in [0.717, 1.165) is 5.75 Å². The molecule has 17 heavy (non-hydrogen) atoms. The minimum atomic E-state index is -0.0943. The van der Waals surface area contributed by atoms with Gasteiger partial charge in [0.15, 0.2) is 11.6 Å². The summed E-state index contributed by atoms with van der Waals surface area (Å²) in [6, 6.07) is 3.54. The highest BCUT2D eigenvalue weighted by atomic mass is 32.2. The van der Waals surface area contributed by atoms with E-state index in [4.69, 9.17) is 10.5 Å². The molecule has 6 heteroatoms. The summed E-state index contributed by atoms with van der Waals surface area (Å²) >= 11 is 1.49. The number of carbonyl (C=O) groups excluding carboxylic acids is 1. The van der Waals surface area contributed by atoms with Crippen LogP contribution in [0.25, 0.3) is 0 Å². The number of carbonyl (C=O) groups is 1. The Labute approximate surface area is 105 Å². The van der Waals surface area contributed by atoms with Crippen LogP contribution >= 0.6 is 11.8 Å². The summed E-state index contributed by atoms with van der Waals surface area (Å²) in [4.78, 5) is 15.7. The fourth-order valence-corrected chi connectivity index (χ4v) is 1.74. The summed E-state index contributed by atoms with van der Waals surface area (Å²) in [5, 5.41) is 2.72. The van der Waals surface area contributed by atoms with Gasteiger partial charge < -0.3 is 15.8 Å². The number of nitrogens with zero attached hydrogens (tertiary/aromatic N) is 1. The highest BCUT2D eigenvalue weighted by Crippen LogP contribution is 2.20. The van der Waals surface area contributed by atoms with Gasteiger partial charge in [-0.05, 0) is 19.1 Å². The van der Waals surface area contributed by atoms with Gasteiger partial charge in [-0.1, -0.05) is 0 Å². The molecule has 0 spiro atoms. The highest BCUT2D eigenvalue weighted by Gasteiger charge is 2.08. The van der Waals surface area contributed by atoms with Gasteiger partial charge in [0.2, 0.25) is 5.91 Å². The second kappa shape index (κ2) is 7.92. The second-order valence-electron chi connectivity index (χ2n) is 3.17. The Morgan fingerprint density at radius 2 is 2.47 bits per heavy atom. The van der Waals surface area contributed by atoms with E-state index in [-0.39, 0.29) is 5.91 Å². The van der Waals surface area contributed by atoms with Gasteiger partial charge in [0.1, 0.15) is 0 Å². The Bertz CT molecular complexity index is 360. The van der Waals surface area contributed by atoms with Gasteiger partial charge in [0, 0.05) is 18.5 Å². The molecule has 0 radical (unpaired) electrons. The standard InChI is InChI=1S/C11H17N3O2S/c1-2-16-9-4-3-6-13-11(9)14-10(15)8-17-7-5-12/h3-4,6H,2,5,7-8,12H2,1H3,(H,13,14,15). The topological polar surface area (TPSA) is 77.2 Å². The first-order valence-electron chi connectivity index (χ1n) is 5.43. The molecule has 1 aromatic heterocycles. The largest absolute Gasteiger partial charge is 0.490 e. The van der Waals surface area contributed by atoms with Crippen LogP contribution in [-0.4, -0.2) is 35.5 Å². The molecule has 0 saturated carbocycles. The average Bonchev–Trinajstić information content (AvgIpc) is 2.32. The van der Waals surface area contributed by atoms with Crippen LogP contribution in [0.3, 0.4) is 0 Å². The van der Waals surface area contributed by atoms with Crippen molar-refractivity contribution in [2.75, 3.05) is 30.0 Å². The maximum Gasteiger partial charge on any atom is 0.235 e. The lowest BCUT2D eigenvalue weighted by Gasteiger charge is -2.09. The van der Waals surface area contributed by atoms with Crippen LogP contribution in [0, 0.1) is 0 Å². The van der Waals surface area contributed by atoms with Crippen LogP contribution in [-0.2, 0) is 4.79 Å². The fourth-order valence-electron chi connectivity index (χ4n) is 1.17. The van der Waals surface area contributed by atoms with Crippen molar-refractivity contribution in [1.29, 1.82) is 0 Å². The molecular weight excluding hydrogens is 238 g/mol. The summed E-state index contributed by atoms with van der Waals surface area (Å²) in [5.74, 6) is 2.11. The van der Waals surface area contributed by atoms with Gasteiger partial charge in [0.05, 0.1) is 12.4 Å². The molecule has 0 aliphatic carbocycles. The van der Waals surface area contributed by atoms with Crippen LogP contribution < -0.4 is 15.8 Å². The van der Waals surface area contributed by atoms with E-state index >= 15 is 0 Å². The number of rotatable bonds is 7. The first-order valence-corrected chi connectivity index (χ1v) is 6.59. The van der Waals surface area contributed by atoms with Crippen LogP contribution in [0.15, 0.2) is 18.3 Å². The third kappa shape index (κ3) is 5.06. The maximum atomic E-state index is 11.6. The lowest BCUT2D eigenvalue weighted by atomic mass is 10.4. The Hall–Kier alpha value is -1.27. The number of amides is 1. The molecule has 5 nitrogen and oxygen atoms in total. The minimum absolute atomic E-state index is 0.0943. The van der Waals surface area contributed by atoms with Crippen molar-refractivity contribution in [2.45, 2.75) is 6.92 Å². The number of hydrogen-bond acceptors (Lipinski definition) is 5. The summed E-state index contributed by atoms with van der Waals surface area (Å²) in [7, 11) is 0. The second-order valence-corrected chi connectivity index (χ2v) is 4.28. The first kappa shape index (κ1) is 13.8. The molecule has 0 aliphatic rings. The first-order chi connectivity index (χ1) is 8.27. The smallest absolute Gasteiger partial charge is 0.235 e. The summed E-state index contributed by atoms with van der Waals surface area (Å²) in [5.41, 5.74) is 5.35. The number of nitrogens with two attached hydrogens (primary N) is 1. The van der Waals surface area contributed by atoms with Gasteiger partial charge in [-0.3, -0.25) is 4.79 Å². The molecule has 1 rings (SSSR count). The van der Waals surface area contributed by atoms with Crippen molar-refractivity contribution in [3.8, 4) is 5.75 Å². The Morgan fingerprint density at radius 3 is 3.18 bits per heavy atom. The third-order valence-electron chi connectivity index (χ3n) is 1.82. The number of ether oxygens (including phenoxy) is 1. The SMILES string of the molecule is CCOc1cccnc1NC(=O)CSCCN. The van der Waals surface area contributed by atoms with Crippen molar-refractivity contribution in [3.63, 3.8) is 0 Å². The Morgan fingerprint density at radius 1 is 1.65 bits per heavy atom. The van der Waals surface area contributed by atoms with E-state index < -0.39 is 0 Å². The van der Waals surface area contributed by atoms with Crippen molar-refractivity contribution in [1.82, 2.24) is 4.98 Å². The molecule has 0 fully saturated rings. The predicted octanol–water partition coefficient (Wildman–Crippen LogP) is 1.11. The van der Waals surface area contributed by atoms with Gasteiger partial charge in [-0.15, -0.1) is 0 Å². The van der Waals surface area contributed by atoms with Gasteiger partial charge in [-0.2, -0.15) is 11.8 Å². The molecule has 3 N–H and O–H groups in total. The molecule has 0 saturated heterocycles. The van der Waals surface area contributed by atoms with E-state index in [1.165, 1.54) is 11.8 Å². The molecule has 0 aromatic carbocycles. The van der Waals surface area contributed by atoms with Crippen molar-refractivity contribution in [2.24, 2.45) is 5.73 Å². The zero-order valence-corrected chi connectivity index (χ0v) is 10.6. The van der Waals surface area contributed by atoms with E-state index in [0.29, 0.717) is 30.5 Å². The van der Waals surface area contributed by atoms with Crippen molar-refractivity contribution < 1.29 is 9.53 Å².